The molecular weight excluding hydrogens is 432 g/mol. The van der Waals surface area contributed by atoms with Gasteiger partial charge in [-0.2, -0.15) is 0 Å². The van der Waals surface area contributed by atoms with Crippen molar-refractivity contribution in [3.8, 4) is 5.69 Å². The quantitative estimate of drug-likeness (QED) is 0.514. The summed E-state index contributed by atoms with van der Waals surface area (Å²) in [5.74, 6) is 0.0342. The van der Waals surface area contributed by atoms with Gasteiger partial charge in [-0.25, -0.2) is 9.67 Å². The van der Waals surface area contributed by atoms with E-state index in [0.717, 1.165) is 15.7 Å². The van der Waals surface area contributed by atoms with E-state index >= 15 is 0 Å². The summed E-state index contributed by atoms with van der Waals surface area (Å²) in [6, 6.07) is 13.0. The highest BCUT2D eigenvalue weighted by Crippen LogP contribution is 2.23. The van der Waals surface area contributed by atoms with Crippen LogP contribution in [0, 0.1) is 6.92 Å². The fraction of sp³-hybridized carbons (Fsp3) is 0.111. The molecular formula is C18H14BrClN6O. The molecule has 0 radical (unpaired) electrons. The molecule has 27 heavy (non-hydrogen) atoms. The third kappa shape index (κ3) is 3.22. The molecule has 0 saturated carbocycles. The van der Waals surface area contributed by atoms with Gasteiger partial charge < -0.3 is 4.57 Å². The first-order chi connectivity index (χ1) is 12.9. The van der Waals surface area contributed by atoms with E-state index in [2.05, 4.69) is 36.5 Å². The molecule has 4 aromatic rings. The van der Waals surface area contributed by atoms with Crippen molar-refractivity contribution in [1.29, 1.82) is 0 Å². The van der Waals surface area contributed by atoms with Crippen LogP contribution < -0.4 is 5.32 Å². The number of aromatic nitrogens is 5. The first kappa shape index (κ1) is 17.7. The van der Waals surface area contributed by atoms with Crippen molar-refractivity contribution in [2.75, 3.05) is 5.32 Å². The van der Waals surface area contributed by atoms with Gasteiger partial charge in [0.1, 0.15) is 0 Å². The average Bonchev–Trinajstić information content (AvgIpc) is 3.15. The molecule has 9 heteroatoms. The minimum absolute atomic E-state index is 0.236. The van der Waals surface area contributed by atoms with Gasteiger partial charge >= 0.3 is 0 Å². The number of anilines is 1. The maximum Gasteiger partial charge on any atom is 0.280 e. The highest BCUT2D eigenvalue weighted by Gasteiger charge is 2.20. The summed E-state index contributed by atoms with van der Waals surface area (Å²) >= 11 is 9.45. The first-order valence-electron chi connectivity index (χ1n) is 8.05. The number of nitrogens with zero attached hydrogens (tertiary/aromatic N) is 5. The predicted octanol–water partition coefficient (Wildman–Crippen LogP) is 4.13. The van der Waals surface area contributed by atoms with E-state index in [1.165, 1.54) is 0 Å². The van der Waals surface area contributed by atoms with Gasteiger partial charge in [-0.15, -0.1) is 5.10 Å². The number of halogens is 2. The van der Waals surface area contributed by atoms with E-state index < -0.39 is 0 Å². The van der Waals surface area contributed by atoms with Crippen LogP contribution in [0.2, 0.25) is 5.02 Å². The number of fused-ring (bicyclic) bond motifs is 1. The maximum absolute atomic E-state index is 12.7. The van der Waals surface area contributed by atoms with Crippen LogP contribution in [0.5, 0.6) is 0 Å². The molecule has 1 amide bonds. The van der Waals surface area contributed by atoms with Crippen LogP contribution in [-0.4, -0.2) is 30.5 Å². The van der Waals surface area contributed by atoms with Crippen LogP contribution in [0.15, 0.2) is 46.9 Å². The Hall–Kier alpha value is -2.71. The lowest BCUT2D eigenvalue weighted by Gasteiger charge is -2.05. The Morgan fingerprint density at radius 1 is 1.22 bits per heavy atom. The van der Waals surface area contributed by atoms with Crippen LogP contribution in [0.25, 0.3) is 16.7 Å². The van der Waals surface area contributed by atoms with E-state index in [9.17, 15) is 4.79 Å². The normalized spacial score (nSPS) is 11.1. The van der Waals surface area contributed by atoms with Gasteiger partial charge in [0.2, 0.25) is 5.95 Å². The van der Waals surface area contributed by atoms with E-state index in [4.69, 9.17) is 11.6 Å². The van der Waals surface area contributed by atoms with Gasteiger partial charge in [0, 0.05) is 16.5 Å². The molecule has 2 aromatic heterocycles. The minimum atomic E-state index is -0.377. The number of amides is 1. The summed E-state index contributed by atoms with van der Waals surface area (Å²) in [4.78, 5) is 17.2. The molecule has 0 aliphatic heterocycles. The molecule has 0 atom stereocenters. The number of nitrogens with one attached hydrogen (secondary N) is 1. The Kier molecular flexibility index (Phi) is 4.45. The molecule has 0 bridgehead atoms. The number of hydrogen-bond acceptors (Lipinski definition) is 4. The van der Waals surface area contributed by atoms with Gasteiger partial charge in [0.15, 0.2) is 5.69 Å². The zero-order valence-corrected chi connectivity index (χ0v) is 16.8. The van der Waals surface area contributed by atoms with E-state index in [0.29, 0.717) is 22.2 Å². The smallest absolute Gasteiger partial charge is 0.280 e. The highest BCUT2D eigenvalue weighted by molar-refractivity contribution is 9.10. The standard InChI is InChI=1S/C18H14BrClN6O/c1-10-16(23-24-26(10)13-5-3-4-11(19)8-13)17(27)22-18-21-14-9-12(20)6-7-15(14)25(18)2/h3-9H,1-2H3,(H,21,22,27). The average molecular weight is 446 g/mol. The maximum atomic E-state index is 12.7. The molecule has 0 fully saturated rings. The van der Waals surface area contributed by atoms with Crippen LogP contribution in [-0.2, 0) is 7.05 Å². The SMILES string of the molecule is Cc1c(C(=O)Nc2nc3cc(Cl)ccc3n2C)nnn1-c1cccc(Br)c1. The zero-order chi connectivity index (χ0) is 19.1. The monoisotopic (exact) mass is 444 g/mol. The number of rotatable bonds is 3. The highest BCUT2D eigenvalue weighted by atomic mass is 79.9. The van der Waals surface area contributed by atoms with E-state index in [-0.39, 0.29) is 11.6 Å². The Morgan fingerprint density at radius 2 is 2.04 bits per heavy atom. The third-order valence-corrected chi connectivity index (χ3v) is 4.96. The first-order valence-corrected chi connectivity index (χ1v) is 9.22. The van der Waals surface area contributed by atoms with Crippen molar-refractivity contribution in [1.82, 2.24) is 24.5 Å². The Bertz CT molecular complexity index is 1180. The van der Waals surface area contributed by atoms with Crippen molar-refractivity contribution in [2.45, 2.75) is 6.92 Å². The van der Waals surface area contributed by atoms with Gasteiger partial charge in [-0.1, -0.05) is 38.8 Å². The summed E-state index contributed by atoms with van der Waals surface area (Å²) in [5.41, 5.74) is 3.25. The van der Waals surface area contributed by atoms with E-state index in [1.54, 1.807) is 28.3 Å². The summed E-state index contributed by atoms with van der Waals surface area (Å²) in [5, 5.41) is 11.5. The molecule has 0 aliphatic carbocycles. The van der Waals surface area contributed by atoms with Gasteiger partial charge in [-0.05, 0) is 43.3 Å². The molecule has 0 saturated heterocycles. The summed E-state index contributed by atoms with van der Waals surface area (Å²) in [6.45, 7) is 1.80. The lowest BCUT2D eigenvalue weighted by atomic mass is 10.3. The fourth-order valence-corrected chi connectivity index (χ4v) is 3.39. The van der Waals surface area contributed by atoms with Gasteiger partial charge in [0.05, 0.1) is 22.4 Å². The van der Waals surface area contributed by atoms with Crippen molar-refractivity contribution in [2.24, 2.45) is 7.05 Å². The minimum Gasteiger partial charge on any atom is -0.313 e. The fourth-order valence-electron chi connectivity index (χ4n) is 2.84. The van der Waals surface area contributed by atoms with Crippen LogP contribution in [0.1, 0.15) is 16.2 Å². The molecule has 2 heterocycles. The van der Waals surface area contributed by atoms with Crippen LogP contribution in [0.4, 0.5) is 5.95 Å². The molecule has 0 aliphatic rings. The van der Waals surface area contributed by atoms with Crippen LogP contribution in [0.3, 0.4) is 0 Å². The Labute approximate surface area is 168 Å². The number of carbonyl (C=O) groups is 1. The molecule has 1 N–H and O–H groups in total. The molecule has 2 aromatic carbocycles. The second-order valence-electron chi connectivity index (χ2n) is 6.00. The summed E-state index contributed by atoms with van der Waals surface area (Å²) in [6.07, 6.45) is 0. The largest absolute Gasteiger partial charge is 0.313 e. The zero-order valence-electron chi connectivity index (χ0n) is 14.4. The summed E-state index contributed by atoms with van der Waals surface area (Å²) in [7, 11) is 1.82. The van der Waals surface area contributed by atoms with Crippen molar-refractivity contribution < 1.29 is 4.79 Å². The van der Waals surface area contributed by atoms with Crippen LogP contribution >= 0.6 is 27.5 Å². The number of imidazole rings is 1. The topological polar surface area (TPSA) is 77.6 Å². The van der Waals surface area contributed by atoms with E-state index in [1.807, 2.05) is 37.4 Å². The van der Waals surface area contributed by atoms with Crippen molar-refractivity contribution in [3.05, 3.63) is 63.3 Å². The van der Waals surface area contributed by atoms with Crippen molar-refractivity contribution >= 4 is 50.4 Å². The molecule has 136 valence electrons. The lowest BCUT2D eigenvalue weighted by molar-refractivity contribution is 0.102. The summed E-state index contributed by atoms with van der Waals surface area (Å²) < 4.78 is 4.32. The third-order valence-electron chi connectivity index (χ3n) is 4.23. The van der Waals surface area contributed by atoms with Gasteiger partial charge in [0.25, 0.3) is 5.91 Å². The van der Waals surface area contributed by atoms with Gasteiger partial charge in [-0.3, -0.25) is 10.1 Å². The Morgan fingerprint density at radius 3 is 2.81 bits per heavy atom. The number of benzene rings is 2. The second-order valence-corrected chi connectivity index (χ2v) is 7.35. The number of hydrogen-bond donors (Lipinski definition) is 1. The molecule has 4 rings (SSSR count). The predicted molar refractivity (Wildman–Crippen MR) is 107 cm³/mol. The molecule has 7 nitrogen and oxygen atoms in total. The second kappa shape index (κ2) is 6.79. The lowest BCUT2D eigenvalue weighted by Crippen LogP contribution is -2.17. The molecule has 0 unspecified atom stereocenters. The Balaban J connectivity index is 1.65. The number of aryl methyl sites for hydroxylation is 1. The number of carbonyl (C=O) groups excluding carboxylic acids is 1. The molecule has 0 spiro atoms. The van der Waals surface area contributed by atoms with Crippen molar-refractivity contribution in [3.63, 3.8) is 0 Å².